The topological polar surface area (TPSA) is 16.6 Å². The summed E-state index contributed by atoms with van der Waals surface area (Å²) in [5.41, 5.74) is 3.07. The van der Waals surface area contributed by atoms with Gasteiger partial charge in [-0.3, -0.25) is 0 Å². The van der Waals surface area contributed by atoms with Crippen molar-refractivity contribution < 1.29 is 5.32 Å². The molecule has 5 saturated carbocycles. The summed E-state index contributed by atoms with van der Waals surface area (Å²) in [6.07, 6.45) is 14.5. The molecule has 0 radical (unpaired) electrons. The fourth-order valence-electron chi connectivity index (χ4n) is 8.80. The highest BCUT2D eigenvalue weighted by Crippen LogP contribution is 2.66. The summed E-state index contributed by atoms with van der Waals surface area (Å²) in [7, 11) is 0. The molecule has 1 aromatic rings. The zero-order valence-electron chi connectivity index (χ0n) is 19.7. The Bertz CT molecular complexity index is 738. The zero-order valence-corrected chi connectivity index (χ0v) is 20.5. The lowest BCUT2D eigenvalue weighted by Gasteiger charge is -2.63. The summed E-state index contributed by atoms with van der Waals surface area (Å²) in [5, 5.41) is 3.73. The SMILES string of the molecule is C[C@@H]([NH2+]C1CCC(C(C)(C)C)CC1)C12C[C@@H]3C[C@@H](CC(c4ccc(Cl)cc4)(C3)C1)C2. The quantitative estimate of drug-likeness (QED) is 0.547. The molecule has 5 fully saturated rings. The van der Waals surface area contributed by atoms with E-state index in [0.29, 0.717) is 16.2 Å². The summed E-state index contributed by atoms with van der Waals surface area (Å²) < 4.78 is 0. The van der Waals surface area contributed by atoms with Crippen LogP contribution in [0.4, 0.5) is 0 Å². The molecule has 6 rings (SSSR count). The number of benzene rings is 1. The number of halogens is 1. The normalized spacial score (nSPS) is 41.8. The van der Waals surface area contributed by atoms with Crippen molar-refractivity contribution in [2.45, 2.75) is 109 Å². The highest BCUT2D eigenvalue weighted by Gasteiger charge is 2.61. The summed E-state index contributed by atoms with van der Waals surface area (Å²) >= 11 is 6.24. The minimum atomic E-state index is 0.431. The van der Waals surface area contributed by atoms with Crippen molar-refractivity contribution in [2.24, 2.45) is 28.6 Å². The van der Waals surface area contributed by atoms with Gasteiger partial charge in [0, 0.05) is 10.4 Å². The van der Waals surface area contributed by atoms with Gasteiger partial charge in [0.2, 0.25) is 0 Å². The molecule has 2 heteroatoms. The van der Waals surface area contributed by atoms with Crippen molar-refractivity contribution in [2.75, 3.05) is 0 Å². The van der Waals surface area contributed by atoms with Crippen molar-refractivity contribution >= 4 is 11.6 Å². The third-order valence-electron chi connectivity index (χ3n) is 10.1. The predicted molar refractivity (Wildman–Crippen MR) is 127 cm³/mol. The second-order valence-electron chi connectivity index (χ2n) is 13.1. The van der Waals surface area contributed by atoms with Crippen molar-refractivity contribution in [3.8, 4) is 0 Å². The van der Waals surface area contributed by atoms with Gasteiger partial charge in [-0.1, -0.05) is 44.5 Å². The van der Waals surface area contributed by atoms with E-state index >= 15 is 0 Å². The summed E-state index contributed by atoms with van der Waals surface area (Å²) in [6.45, 7) is 9.92. The first kappa shape index (κ1) is 21.3. The van der Waals surface area contributed by atoms with Gasteiger partial charge in [-0.2, -0.15) is 0 Å². The van der Waals surface area contributed by atoms with Crippen molar-refractivity contribution in [1.82, 2.24) is 0 Å². The Morgan fingerprint density at radius 2 is 1.53 bits per heavy atom. The molecule has 0 amide bonds. The van der Waals surface area contributed by atoms with Gasteiger partial charge in [-0.05, 0) is 117 Å². The molecule has 166 valence electrons. The van der Waals surface area contributed by atoms with E-state index in [-0.39, 0.29) is 0 Å². The van der Waals surface area contributed by atoms with Crippen LogP contribution in [-0.2, 0) is 5.41 Å². The molecule has 5 aliphatic rings. The average molecular weight is 429 g/mol. The van der Waals surface area contributed by atoms with Crippen molar-refractivity contribution in [3.05, 3.63) is 34.9 Å². The third kappa shape index (κ3) is 3.77. The largest absolute Gasteiger partial charge is 0.341 e. The predicted octanol–water partition coefficient (Wildman–Crippen LogP) is 6.73. The van der Waals surface area contributed by atoms with E-state index in [1.807, 2.05) is 0 Å². The van der Waals surface area contributed by atoms with Gasteiger partial charge in [-0.25, -0.2) is 0 Å². The molecule has 0 heterocycles. The summed E-state index contributed by atoms with van der Waals surface area (Å²) in [4.78, 5) is 0. The molecule has 0 aliphatic heterocycles. The first-order chi connectivity index (χ1) is 14.2. The van der Waals surface area contributed by atoms with Gasteiger partial charge in [0.05, 0.1) is 12.1 Å². The molecule has 5 atom stereocenters. The van der Waals surface area contributed by atoms with Crippen LogP contribution in [0.25, 0.3) is 0 Å². The number of rotatable bonds is 4. The van der Waals surface area contributed by atoms with E-state index in [1.165, 1.54) is 64.2 Å². The van der Waals surface area contributed by atoms with Crippen LogP contribution in [0.5, 0.6) is 0 Å². The molecule has 0 saturated heterocycles. The summed E-state index contributed by atoms with van der Waals surface area (Å²) in [5.74, 6) is 2.83. The molecular weight excluding hydrogens is 386 g/mol. The van der Waals surface area contributed by atoms with E-state index < -0.39 is 0 Å². The number of quaternary nitrogens is 1. The fourth-order valence-corrected chi connectivity index (χ4v) is 8.92. The molecule has 2 unspecified atom stereocenters. The second-order valence-corrected chi connectivity index (χ2v) is 13.5. The highest BCUT2D eigenvalue weighted by atomic mass is 35.5. The van der Waals surface area contributed by atoms with Gasteiger partial charge >= 0.3 is 0 Å². The number of hydrogen-bond acceptors (Lipinski definition) is 0. The Hall–Kier alpha value is -0.530. The van der Waals surface area contributed by atoms with Gasteiger partial charge < -0.3 is 5.32 Å². The minimum Gasteiger partial charge on any atom is -0.341 e. The average Bonchev–Trinajstić information content (AvgIpc) is 2.67. The maximum Gasteiger partial charge on any atom is 0.0890 e. The zero-order chi connectivity index (χ0) is 21.1. The highest BCUT2D eigenvalue weighted by molar-refractivity contribution is 6.30. The maximum absolute atomic E-state index is 6.24. The van der Waals surface area contributed by atoms with E-state index in [9.17, 15) is 0 Å². The van der Waals surface area contributed by atoms with Gasteiger partial charge in [0.25, 0.3) is 0 Å². The molecular formula is C28H43ClN+. The molecule has 30 heavy (non-hydrogen) atoms. The van der Waals surface area contributed by atoms with Crippen molar-refractivity contribution in [3.63, 3.8) is 0 Å². The van der Waals surface area contributed by atoms with Gasteiger partial charge in [-0.15, -0.1) is 0 Å². The minimum absolute atomic E-state index is 0.431. The van der Waals surface area contributed by atoms with E-state index in [1.54, 1.807) is 5.56 Å². The first-order valence-corrected chi connectivity index (χ1v) is 13.2. The molecule has 1 aromatic carbocycles. The molecule has 2 N–H and O–H groups in total. The number of nitrogens with two attached hydrogens (primary N) is 1. The van der Waals surface area contributed by atoms with Crippen LogP contribution in [0.3, 0.4) is 0 Å². The van der Waals surface area contributed by atoms with Crippen LogP contribution in [0.2, 0.25) is 5.02 Å². The molecule has 4 bridgehead atoms. The smallest absolute Gasteiger partial charge is 0.0890 e. The van der Waals surface area contributed by atoms with Crippen LogP contribution < -0.4 is 5.32 Å². The van der Waals surface area contributed by atoms with Gasteiger partial charge in [0.1, 0.15) is 0 Å². The van der Waals surface area contributed by atoms with E-state index in [0.717, 1.165) is 34.9 Å². The van der Waals surface area contributed by atoms with Crippen LogP contribution in [0.1, 0.15) is 97.5 Å². The standard InChI is InChI=1S/C28H42ClN/c1-19(30-25-11-7-22(8-12-25)26(2,3)4)27-14-20-13-21(15-27)17-28(16-20,18-27)23-5-9-24(29)10-6-23/h5-6,9-10,19-22,25,30H,7-8,11-18H2,1-4H3/p+1/t19-,20-,21+,22?,25?,27?,28?/m1/s1. The number of hydrogen-bond donors (Lipinski definition) is 1. The molecule has 0 aromatic heterocycles. The lowest BCUT2D eigenvalue weighted by atomic mass is 9.41. The first-order valence-electron chi connectivity index (χ1n) is 12.8. The fraction of sp³-hybridized carbons (Fsp3) is 0.786. The van der Waals surface area contributed by atoms with Crippen LogP contribution >= 0.6 is 11.6 Å². The Balaban J connectivity index is 1.31. The molecule has 1 nitrogen and oxygen atoms in total. The van der Waals surface area contributed by atoms with Crippen molar-refractivity contribution in [1.29, 1.82) is 0 Å². The van der Waals surface area contributed by atoms with E-state index in [4.69, 9.17) is 11.6 Å². The van der Waals surface area contributed by atoms with Crippen LogP contribution in [0.15, 0.2) is 24.3 Å². The third-order valence-corrected chi connectivity index (χ3v) is 10.3. The monoisotopic (exact) mass is 428 g/mol. The van der Waals surface area contributed by atoms with E-state index in [2.05, 4.69) is 57.3 Å². The lowest BCUT2D eigenvalue weighted by molar-refractivity contribution is -0.735. The van der Waals surface area contributed by atoms with Crippen LogP contribution in [0, 0.1) is 28.6 Å². The Morgan fingerprint density at radius 1 is 0.933 bits per heavy atom. The molecule has 5 aliphatic carbocycles. The van der Waals surface area contributed by atoms with Gasteiger partial charge in [0.15, 0.2) is 0 Å². The molecule has 0 spiro atoms. The van der Waals surface area contributed by atoms with Crippen LogP contribution in [-0.4, -0.2) is 12.1 Å². The Kier molecular flexibility index (Phi) is 5.34. The lowest BCUT2D eigenvalue weighted by Crippen LogP contribution is -2.97. The second kappa shape index (κ2) is 7.51. The maximum atomic E-state index is 6.24. The Labute approximate surface area is 189 Å². The summed E-state index contributed by atoms with van der Waals surface area (Å²) in [6, 6.07) is 10.6. The Morgan fingerprint density at radius 3 is 2.10 bits per heavy atom.